The fourth-order valence-corrected chi connectivity index (χ4v) is 3.85. The number of anilines is 1. The number of guanidine groups is 1. The SMILES string of the molecule is CN=C(NCc1ncc(-c2ccc(C)cc2)o1)NC(C)c1cccc(N2CCCC2)c1.I. The van der Waals surface area contributed by atoms with Gasteiger partial charge in [-0.1, -0.05) is 42.0 Å². The number of aromatic nitrogens is 1. The Morgan fingerprint density at radius 1 is 1.16 bits per heavy atom. The molecule has 1 aliphatic rings. The van der Waals surface area contributed by atoms with Crippen molar-refractivity contribution in [2.75, 3.05) is 25.0 Å². The van der Waals surface area contributed by atoms with E-state index in [9.17, 15) is 0 Å². The summed E-state index contributed by atoms with van der Waals surface area (Å²) in [5.74, 6) is 2.11. The minimum Gasteiger partial charge on any atom is -0.439 e. The molecule has 2 N–H and O–H groups in total. The molecule has 0 amide bonds. The maximum Gasteiger partial charge on any atom is 0.214 e. The van der Waals surface area contributed by atoms with E-state index in [1.807, 2.05) is 12.1 Å². The van der Waals surface area contributed by atoms with Gasteiger partial charge in [0.1, 0.15) is 0 Å². The zero-order valence-corrected chi connectivity index (χ0v) is 21.3. The van der Waals surface area contributed by atoms with Crippen molar-refractivity contribution < 1.29 is 4.42 Å². The molecular weight excluding hydrogens is 513 g/mol. The lowest BCUT2D eigenvalue weighted by atomic mass is 10.1. The topological polar surface area (TPSA) is 65.7 Å². The van der Waals surface area contributed by atoms with Crippen LogP contribution in [0.2, 0.25) is 0 Å². The van der Waals surface area contributed by atoms with Crippen molar-refractivity contribution in [3.8, 4) is 11.3 Å². The molecule has 170 valence electrons. The third-order valence-corrected chi connectivity index (χ3v) is 5.71. The average molecular weight is 545 g/mol. The number of oxazole rings is 1. The minimum atomic E-state index is 0. The number of halogens is 1. The van der Waals surface area contributed by atoms with Crippen LogP contribution in [-0.2, 0) is 6.54 Å². The summed E-state index contributed by atoms with van der Waals surface area (Å²) in [6, 6.07) is 17.1. The molecule has 0 bridgehead atoms. The molecule has 3 aromatic rings. The molecule has 32 heavy (non-hydrogen) atoms. The molecule has 1 aromatic heterocycles. The molecular formula is C25H32IN5O. The van der Waals surface area contributed by atoms with Crippen molar-refractivity contribution in [2.45, 2.75) is 39.3 Å². The van der Waals surface area contributed by atoms with Crippen molar-refractivity contribution in [2.24, 2.45) is 4.99 Å². The van der Waals surface area contributed by atoms with E-state index in [-0.39, 0.29) is 30.0 Å². The summed E-state index contributed by atoms with van der Waals surface area (Å²) in [4.78, 5) is 11.2. The highest BCUT2D eigenvalue weighted by Gasteiger charge is 2.15. The molecule has 1 saturated heterocycles. The molecule has 6 nitrogen and oxygen atoms in total. The highest BCUT2D eigenvalue weighted by Crippen LogP contribution is 2.24. The summed E-state index contributed by atoms with van der Waals surface area (Å²) in [7, 11) is 1.77. The summed E-state index contributed by atoms with van der Waals surface area (Å²) in [6.07, 6.45) is 4.33. The van der Waals surface area contributed by atoms with Crippen molar-refractivity contribution in [3.63, 3.8) is 0 Å². The number of nitrogens with zero attached hydrogens (tertiary/aromatic N) is 3. The first-order valence-electron chi connectivity index (χ1n) is 11.0. The third-order valence-electron chi connectivity index (χ3n) is 5.71. The number of nitrogens with one attached hydrogen (secondary N) is 2. The number of rotatable bonds is 6. The average Bonchev–Trinajstić information content (AvgIpc) is 3.49. The van der Waals surface area contributed by atoms with E-state index < -0.39 is 0 Å². The van der Waals surface area contributed by atoms with Crippen molar-refractivity contribution in [1.82, 2.24) is 15.6 Å². The number of hydrogen-bond donors (Lipinski definition) is 2. The molecule has 0 radical (unpaired) electrons. The second-order valence-electron chi connectivity index (χ2n) is 8.07. The van der Waals surface area contributed by atoms with E-state index in [2.05, 4.69) is 75.8 Å². The van der Waals surface area contributed by atoms with Crippen LogP contribution in [-0.4, -0.2) is 31.1 Å². The molecule has 1 unspecified atom stereocenters. The maximum absolute atomic E-state index is 5.90. The van der Waals surface area contributed by atoms with Gasteiger partial charge in [0.25, 0.3) is 0 Å². The summed E-state index contributed by atoms with van der Waals surface area (Å²) < 4.78 is 5.90. The molecule has 1 fully saturated rings. The summed E-state index contributed by atoms with van der Waals surface area (Å²) in [5.41, 5.74) is 4.79. The second-order valence-corrected chi connectivity index (χ2v) is 8.07. The largest absolute Gasteiger partial charge is 0.439 e. The Kier molecular flexibility index (Phi) is 8.55. The van der Waals surface area contributed by atoms with Crippen LogP contribution >= 0.6 is 24.0 Å². The Bertz CT molecular complexity index is 1020. The Labute approximate surface area is 207 Å². The predicted molar refractivity (Wildman–Crippen MR) is 142 cm³/mol. The van der Waals surface area contributed by atoms with Gasteiger partial charge < -0.3 is 20.0 Å². The minimum absolute atomic E-state index is 0. The van der Waals surface area contributed by atoms with Gasteiger partial charge in [-0.2, -0.15) is 0 Å². The van der Waals surface area contributed by atoms with Gasteiger partial charge >= 0.3 is 0 Å². The zero-order chi connectivity index (χ0) is 21.6. The molecule has 1 aliphatic heterocycles. The lowest BCUT2D eigenvalue weighted by molar-refractivity contribution is 0.496. The van der Waals surface area contributed by atoms with E-state index in [4.69, 9.17) is 4.42 Å². The summed E-state index contributed by atoms with van der Waals surface area (Å²) in [6.45, 7) is 6.98. The second kappa shape index (κ2) is 11.4. The molecule has 2 aromatic carbocycles. The Morgan fingerprint density at radius 2 is 1.91 bits per heavy atom. The van der Waals surface area contributed by atoms with Crippen molar-refractivity contribution in [3.05, 3.63) is 71.7 Å². The van der Waals surface area contributed by atoms with Gasteiger partial charge in [0, 0.05) is 31.4 Å². The molecule has 0 spiro atoms. The standard InChI is InChI=1S/C25H31N5O.HI/c1-18-9-11-20(12-10-18)23-16-27-24(31-23)17-28-25(26-3)29-19(2)21-7-6-8-22(15-21)30-13-4-5-14-30;/h6-12,15-16,19H,4-5,13-14,17H2,1-3H3,(H2,26,28,29);1H. The van der Waals surface area contributed by atoms with Crippen LogP contribution in [0.15, 0.2) is 64.1 Å². The van der Waals surface area contributed by atoms with Crippen LogP contribution in [0.3, 0.4) is 0 Å². The van der Waals surface area contributed by atoms with Crippen LogP contribution in [0.25, 0.3) is 11.3 Å². The Morgan fingerprint density at radius 3 is 2.62 bits per heavy atom. The van der Waals surface area contributed by atoms with Crippen LogP contribution in [0.1, 0.15) is 42.8 Å². The first-order valence-corrected chi connectivity index (χ1v) is 11.0. The third kappa shape index (κ3) is 6.03. The first-order chi connectivity index (χ1) is 15.1. The fourth-order valence-electron chi connectivity index (χ4n) is 3.85. The molecule has 0 saturated carbocycles. The number of aryl methyl sites for hydroxylation is 1. The molecule has 0 aliphatic carbocycles. The fraction of sp³-hybridized carbons (Fsp3) is 0.360. The van der Waals surface area contributed by atoms with Gasteiger partial charge in [-0.25, -0.2) is 4.98 Å². The summed E-state index contributed by atoms with van der Waals surface area (Å²) >= 11 is 0. The lowest BCUT2D eigenvalue weighted by Crippen LogP contribution is -2.38. The van der Waals surface area contributed by atoms with Gasteiger partial charge in [-0.3, -0.25) is 4.99 Å². The van der Waals surface area contributed by atoms with E-state index in [0.29, 0.717) is 18.4 Å². The van der Waals surface area contributed by atoms with E-state index in [0.717, 1.165) is 24.4 Å². The summed E-state index contributed by atoms with van der Waals surface area (Å²) in [5, 5.41) is 6.77. The smallest absolute Gasteiger partial charge is 0.214 e. The van der Waals surface area contributed by atoms with Crippen molar-refractivity contribution in [1.29, 1.82) is 0 Å². The van der Waals surface area contributed by atoms with E-state index in [1.165, 1.54) is 29.7 Å². The predicted octanol–water partition coefficient (Wildman–Crippen LogP) is 5.29. The van der Waals surface area contributed by atoms with Gasteiger partial charge in [0.2, 0.25) is 5.89 Å². The zero-order valence-electron chi connectivity index (χ0n) is 19.0. The molecule has 1 atom stereocenters. The van der Waals surface area contributed by atoms with Crippen LogP contribution in [0, 0.1) is 6.92 Å². The van der Waals surface area contributed by atoms with E-state index in [1.54, 1.807) is 13.2 Å². The van der Waals surface area contributed by atoms with E-state index >= 15 is 0 Å². The van der Waals surface area contributed by atoms with Gasteiger partial charge in [-0.15, -0.1) is 24.0 Å². The lowest BCUT2D eigenvalue weighted by Gasteiger charge is -2.22. The molecule has 4 rings (SSSR count). The van der Waals surface area contributed by atoms with Crippen LogP contribution < -0.4 is 15.5 Å². The van der Waals surface area contributed by atoms with Crippen LogP contribution in [0.5, 0.6) is 0 Å². The first kappa shape index (κ1) is 24.1. The monoisotopic (exact) mass is 545 g/mol. The normalized spacial score (nSPS) is 14.7. The van der Waals surface area contributed by atoms with Gasteiger partial charge in [-0.05, 0) is 44.4 Å². The van der Waals surface area contributed by atoms with Crippen LogP contribution in [0.4, 0.5) is 5.69 Å². The Hall–Kier alpha value is -2.55. The molecule has 7 heteroatoms. The number of hydrogen-bond acceptors (Lipinski definition) is 4. The van der Waals surface area contributed by atoms with Crippen molar-refractivity contribution >= 4 is 35.6 Å². The highest BCUT2D eigenvalue weighted by atomic mass is 127. The van der Waals surface area contributed by atoms with Gasteiger partial charge in [0.15, 0.2) is 11.7 Å². The number of benzene rings is 2. The van der Waals surface area contributed by atoms with Gasteiger partial charge in [0.05, 0.1) is 18.8 Å². The highest BCUT2D eigenvalue weighted by molar-refractivity contribution is 14.0. The quantitative estimate of drug-likeness (QED) is 0.250. The Balaban J connectivity index is 0.00000289. The number of aliphatic imine (C=N–C) groups is 1. The maximum atomic E-state index is 5.90. The molecule has 2 heterocycles.